The van der Waals surface area contributed by atoms with Crippen LogP contribution >= 0.6 is 12.2 Å². The SMILES string of the molecule is CCn1cc(CN(C(=S)Nc2ccccc2C)C2CCCCC2)c2ccccc21. The van der Waals surface area contributed by atoms with Gasteiger partial charge in [0.1, 0.15) is 0 Å². The predicted octanol–water partition coefficient (Wildman–Crippen LogP) is 6.50. The summed E-state index contributed by atoms with van der Waals surface area (Å²) in [5.41, 5.74) is 5.00. The highest BCUT2D eigenvalue weighted by molar-refractivity contribution is 7.80. The highest BCUT2D eigenvalue weighted by Crippen LogP contribution is 2.28. The van der Waals surface area contributed by atoms with E-state index in [1.165, 1.54) is 54.1 Å². The van der Waals surface area contributed by atoms with Crippen LogP contribution in [-0.4, -0.2) is 20.6 Å². The second-order valence-electron chi connectivity index (χ2n) is 8.12. The Morgan fingerprint density at radius 1 is 1.07 bits per heavy atom. The molecule has 0 spiro atoms. The van der Waals surface area contributed by atoms with E-state index in [1.54, 1.807) is 0 Å². The predicted molar refractivity (Wildman–Crippen MR) is 127 cm³/mol. The number of benzene rings is 2. The number of aryl methyl sites for hydroxylation is 2. The molecule has 152 valence electrons. The van der Waals surface area contributed by atoms with Crippen LogP contribution in [0.2, 0.25) is 0 Å². The Hall–Kier alpha value is -2.33. The summed E-state index contributed by atoms with van der Waals surface area (Å²) in [5, 5.41) is 5.74. The van der Waals surface area contributed by atoms with Crippen LogP contribution in [0.25, 0.3) is 10.9 Å². The molecular formula is C25H31N3S. The first-order valence-electron chi connectivity index (χ1n) is 10.9. The van der Waals surface area contributed by atoms with Gasteiger partial charge in [-0.2, -0.15) is 0 Å². The quantitative estimate of drug-likeness (QED) is 0.489. The number of anilines is 1. The van der Waals surface area contributed by atoms with Gasteiger partial charge < -0.3 is 14.8 Å². The smallest absolute Gasteiger partial charge is 0.173 e. The number of aromatic nitrogens is 1. The summed E-state index contributed by atoms with van der Waals surface area (Å²) >= 11 is 5.96. The van der Waals surface area contributed by atoms with Crippen LogP contribution in [0.4, 0.5) is 5.69 Å². The summed E-state index contributed by atoms with van der Waals surface area (Å²) in [6.07, 6.45) is 8.70. The van der Waals surface area contributed by atoms with Gasteiger partial charge in [0.05, 0.1) is 0 Å². The van der Waals surface area contributed by atoms with Gasteiger partial charge in [-0.3, -0.25) is 0 Å². The third-order valence-corrected chi connectivity index (χ3v) is 6.55. The van der Waals surface area contributed by atoms with Crippen LogP contribution in [0.1, 0.15) is 50.2 Å². The number of rotatable bonds is 5. The topological polar surface area (TPSA) is 20.2 Å². The Balaban J connectivity index is 1.64. The second-order valence-corrected chi connectivity index (χ2v) is 8.51. The number of para-hydroxylation sites is 2. The fourth-order valence-electron chi connectivity index (χ4n) is 4.55. The molecule has 0 atom stereocenters. The molecule has 1 saturated carbocycles. The zero-order valence-electron chi connectivity index (χ0n) is 17.5. The van der Waals surface area contributed by atoms with Crippen LogP contribution in [0.3, 0.4) is 0 Å². The first kappa shape index (κ1) is 20.0. The molecule has 1 fully saturated rings. The molecule has 1 aliphatic carbocycles. The van der Waals surface area contributed by atoms with Gasteiger partial charge in [-0.1, -0.05) is 55.7 Å². The Morgan fingerprint density at radius 3 is 2.55 bits per heavy atom. The van der Waals surface area contributed by atoms with Crippen molar-refractivity contribution in [3.05, 3.63) is 65.9 Å². The zero-order chi connectivity index (χ0) is 20.2. The van der Waals surface area contributed by atoms with Crippen molar-refractivity contribution in [2.45, 2.75) is 65.1 Å². The maximum atomic E-state index is 5.96. The van der Waals surface area contributed by atoms with Crippen molar-refractivity contribution in [2.75, 3.05) is 5.32 Å². The number of nitrogens with zero attached hydrogens (tertiary/aromatic N) is 2. The molecule has 4 heteroatoms. The minimum Gasteiger partial charge on any atom is -0.347 e. The number of thiocarbonyl (C=S) groups is 1. The Kier molecular flexibility index (Phi) is 6.19. The molecule has 1 aromatic heterocycles. The first-order valence-corrected chi connectivity index (χ1v) is 11.3. The fourth-order valence-corrected chi connectivity index (χ4v) is 4.88. The van der Waals surface area contributed by atoms with Crippen molar-refractivity contribution in [2.24, 2.45) is 0 Å². The fraction of sp³-hybridized carbons (Fsp3) is 0.400. The Labute approximate surface area is 179 Å². The highest BCUT2D eigenvalue weighted by Gasteiger charge is 2.25. The van der Waals surface area contributed by atoms with E-state index in [1.807, 2.05) is 0 Å². The molecule has 0 unspecified atom stereocenters. The minimum absolute atomic E-state index is 0.511. The molecule has 29 heavy (non-hydrogen) atoms. The molecule has 3 aromatic rings. The maximum Gasteiger partial charge on any atom is 0.173 e. The van der Waals surface area contributed by atoms with E-state index in [4.69, 9.17) is 12.2 Å². The Bertz CT molecular complexity index is 985. The van der Waals surface area contributed by atoms with E-state index in [-0.39, 0.29) is 0 Å². The molecule has 0 radical (unpaired) electrons. The van der Waals surface area contributed by atoms with Crippen LogP contribution in [0, 0.1) is 6.92 Å². The van der Waals surface area contributed by atoms with Gasteiger partial charge in [0.15, 0.2) is 5.11 Å². The second kappa shape index (κ2) is 9.00. The van der Waals surface area contributed by atoms with Crippen LogP contribution in [-0.2, 0) is 13.1 Å². The normalized spacial score (nSPS) is 14.8. The summed E-state index contributed by atoms with van der Waals surface area (Å²) < 4.78 is 2.35. The van der Waals surface area contributed by atoms with Crippen LogP contribution < -0.4 is 5.32 Å². The van der Waals surface area contributed by atoms with E-state index in [0.717, 1.165) is 23.9 Å². The van der Waals surface area contributed by atoms with Crippen molar-refractivity contribution >= 4 is 33.9 Å². The largest absolute Gasteiger partial charge is 0.347 e. The molecule has 0 amide bonds. The van der Waals surface area contributed by atoms with Crippen molar-refractivity contribution in [1.29, 1.82) is 0 Å². The zero-order valence-corrected chi connectivity index (χ0v) is 18.3. The van der Waals surface area contributed by atoms with Crippen molar-refractivity contribution in [1.82, 2.24) is 9.47 Å². The summed E-state index contributed by atoms with van der Waals surface area (Å²) in [6.45, 7) is 6.18. The maximum absolute atomic E-state index is 5.96. The lowest BCUT2D eigenvalue weighted by Crippen LogP contribution is -2.43. The molecule has 3 nitrogen and oxygen atoms in total. The molecule has 4 rings (SSSR count). The molecular weight excluding hydrogens is 374 g/mol. The van der Waals surface area contributed by atoms with Gasteiger partial charge in [0.25, 0.3) is 0 Å². The van der Waals surface area contributed by atoms with Gasteiger partial charge in [-0.15, -0.1) is 0 Å². The standard InChI is InChI=1S/C25H31N3S/c1-3-27-17-20(22-14-8-10-16-24(22)27)18-28(21-12-5-4-6-13-21)25(29)26-23-15-9-7-11-19(23)2/h7-11,14-17,21H,3-6,12-13,18H2,1-2H3,(H,26,29). The average Bonchev–Trinajstić information content (AvgIpc) is 3.12. The van der Waals surface area contributed by atoms with Crippen molar-refractivity contribution < 1.29 is 0 Å². The first-order chi connectivity index (χ1) is 14.2. The minimum atomic E-state index is 0.511. The highest BCUT2D eigenvalue weighted by atomic mass is 32.1. The van der Waals surface area contributed by atoms with E-state index in [9.17, 15) is 0 Å². The average molecular weight is 406 g/mol. The third-order valence-electron chi connectivity index (χ3n) is 6.22. The van der Waals surface area contributed by atoms with Crippen molar-refractivity contribution in [3.8, 4) is 0 Å². The molecule has 2 aromatic carbocycles. The molecule has 1 heterocycles. The summed E-state index contributed by atoms with van der Waals surface area (Å²) in [6, 6.07) is 17.6. The molecule has 0 bridgehead atoms. The van der Waals surface area contributed by atoms with Gasteiger partial charge >= 0.3 is 0 Å². The third kappa shape index (κ3) is 4.32. The lowest BCUT2D eigenvalue weighted by Gasteiger charge is -2.36. The molecule has 0 aliphatic heterocycles. The van der Waals surface area contributed by atoms with E-state index in [0.29, 0.717) is 6.04 Å². The molecule has 1 aliphatic rings. The molecule has 1 N–H and O–H groups in total. The lowest BCUT2D eigenvalue weighted by molar-refractivity contribution is 0.241. The van der Waals surface area contributed by atoms with E-state index < -0.39 is 0 Å². The number of fused-ring (bicyclic) bond motifs is 1. The van der Waals surface area contributed by atoms with Gasteiger partial charge in [-0.25, -0.2) is 0 Å². The van der Waals surface area contributed by atoms with E-state index in [2.05, 4.69) is 83.4 Å². The molecule has 0 saturated heterocycles. The summed E-state index contributed by atoms with van der Waals surface area (Å²) in [7, 11) is 0. The van der Waals surface area contributed by atoms with E-state index >= 15 is 0 Å². The van der Waals surface area contributed by atoms with Crippen LogP contribution in [0.15, 0.2) is 54.7 Å². The number of hydrogen-bond donors (Lipinski definition) is 1. The van der Waals surface area contributed by atoms with Gasteiger partial charge in [-0.05, 0) is 62.2 Å². The number of nitrogens with one attached hydrogen (secondary N) is 1. The monoisotopic (exact) mass is 405 g/mol. The number of hydrogen-bond acceptors (Lipinski definition) is 1. The van der Waals surface area contributed by atoms with Crippen molar-refractivity contribution in [3.63, 3.8) is 0 Å². The van der Waals surface area contributed by atoms with Crippen LogP contribution in [0.5, 0.6) is 0 Å². The Morgan fingerprint density at radius 2 is 1.79 bits per heavy atom. The van der Waals surface area contributed by atoms with Gasteiger partial charge in [0, 0.05) is 41.9 Å². The summed E-state index contributed by atoms with van der Waals surface area (Å²) in [5.74, 6) is 0. The summed E-state index contributed by atoms with van der Waals surface area (Å²) in [4.78, 5) is 2.45. The van der Waals surface area contributed by atoms with Gasteiger partial charge in [0.2, 0.25) is 0 Å². The lowest BCUT2D eigenvalue weighted by atomic mass is 9.94.